The summed E-state index contributed by atoms with van der Waals surface area (Å²) in [5.41, 5.74) is 5.86. The van der Waals surface area contributed by atoms with Gasteiger partial charge in [0.05, 0.1) is 18.4 Å². The zero-order valence-corrected chi connectivity index (χ0v) is 13.7. The van der Waals surface area contributed by atoms with Crippen LogP contribution in [0.4, 0.5) is 11.4 Å². The number of phenols is 1. The largest absolute Gasteiger partial charge is 0.507 e. The minimum absolute atomic E-state index is 0.134. The molecule has 0 atom stereocenters. The van der Waals surface area contributed by atoms with Crippen molar-refractivity contribution in [2.45, 2.75) is 0 Å². The van der Waals surface area contributed by atoms with Gasteiger partial charge in [0, 0.05) is 5.69 Å². The fourth-order valence-corrected chi connectivity index (χ4v) is 2.06. The number of hydrogen-bond donors (Lipinski definition) is 4. The van der Waals surface area contributed by atoms with E-state index in [9.17, 15) is 19.5 Å². The first-order valence-corrected chi connectivity index (χ1v) is 7.28. The summed E-state index contributed by atoms with van der Waals surface area (Å²) in [4.78, 5) is 34.7. The highest BCUT2D eigenvalue weighted by Crippen LogP contribution is 2.23. The average molecular weight is 360 g/mol. The molecule has 0 unspecified atom stereocenters. The van der Waals surface area contributed by atoms with Gasteiger partial charge in [0.1, 0.15) is 17.1 Å². The minimum Gasteiger partial charge on any atom is -0.507 e. The molecule has 0 saturated carbocycles. The maximum Gasteiger partial charge on any atom is 0.339 e. The molecule has 0 bridgehead atoms. The summed E-state index contributed by atoms with van der Waals surface area (Å²) in [5.74, 6) is -2.81. The number of carbonyl (C=O) groups excluding carboxylic acids is 2. The molecule has 0 aliphatic rings. The second-order valence-corrected chi connectivity index (χ2v) is 5.12. The van der Waals surface area contributed by atoms with Gasteiger partial charge in [-0.3, -0.25) is 4.79 Å². The Labute approximate surface area is 148 Å². The number of nitrogens with two attached hydrogens (primary N) is 1. The predicted octanol–water partition coefficient (Wildman–Crippen LogP) is 1.48. The lowest BCUT2D eigenvalue weighted by Crippen LogP contribution is -2.21. The molecule has 0 aliphatic heterocycles. The number of anilines is 2. The van der Waals surface area contributed by atoms with E-state index < -0.39 is 30.2 Å². The quantitative estimate of drug-likeness (QED) is 0.344. The van der Waals surface area contributed by atoms with Gasteiger partial charge in [-0.15, -0.1) is 0 Å². The van der Waals surface area contributed by atoms with E-state index in [0.717, 1.165) is 12.1 Å². The van der Waals surface area contributed by atoms with Crippen molar-refractivity contribution in [2.75, 3.05) is 24.8 Å². The van der Waals surface area contributed by atoms with Crippen LogP contribution >= 0.6 is 0 Å². The maximum absolute atomic E-state index is 11.9. The standard InChI is InChI=1S/C17H16N2O7/c1-25-14-5-2-9(6-12(14)18)17(24)26-8-15(21)19-10-3-4-13(20)11(7-10)16(22)23/h2-7,20H,8,18H2,1H3,(H,19,21)(H,22,23). The van der Waals surface area contributed by atoms with E-state index in [1.807, 2.05) is 0 Å². The molecule has 136 valence electrons. The Morgan fingerprint density at radius 1 is 1.15 bits per heavy atom. The number of amides is 1. The number of nitrogen functional groups attached to an aromatic ring is 1. The number of hydrogen-bond acceptors (Lipinski definition) is 7. The van der Waals surface area contributed by atoms with Crippen molar-refractivity contribution in [1.82, 2.24) is 0 Å². The van der Waals surface area contributed by atoms with E-state index in [-0.39, 0.29) is 22.5 Å². The van der Waals surface area contributed by atoms with Crippen LogP contribution in [0.15, 0.2) is 36.4 Å². The Hall–Kier alpha value is -3.75. The second-order valence-electron chi connectivity index (χ2n) is 5.12. The molecule has 26 heavy (non-hydrogen) atoms. The van der Waals surface area contributed by atoms with Crippen LogP contribution in [0.3, 0.4) is 0 Å². The molecule has 9 nitrogen and oxygen atoms in total. The number of aromatic hydroxyl groups is 1. The number of rotatable bonds is 6. The third kappa shape index (κ3) is 4.41. The van der Waals surface area contributed by atoms with Crippen LogP contribution < -0.4 is 15.8 Å². The number of esters is 1. The monoisotopic (exact) mass is 360 g/mol. The number of benzene rings is 2. The van der Waals surface area contributed by atoms with Crippen molar-refractivity contribution < 1.29 is 34.1 Å². The van der Waals surface area contributed by atoms with Crippen molar-refractivity contribution in [2.24, 2.45) is 0 Å². The topological polar surface area (TPSA) is 148 Å². The molecule has 0 saturated heterocycles. The Bertz CT molecular complexity index is 864. The van der Waals surface area contributed by atoms with Gasteiger partial charge in [-0.05, 0) is 36.4 Å². The Morgan fingerprint density at radius 3 is 2.50 bits per heavy atom. The van der Waals surface area contributed by atoms with Crippen molar-refractivity contribution in [3.8, 4) is 11.5 Å². The van der Waals surface area contributed by atoms with Crippen LogP contribution in [0.1, 0.15) is 20.7 Å². The van der Waals surface area contributed by atoms with Gasteiger partial charge >= 0.3 is 11.9 Å². The lowest BCUT2D eigenvalue weighted by atomic mass is 10.2. The lowest BCUT2D eigenvalue weighted by molar-refractivity contribution is -0.119. The third-order valence-electron chi connectivity index (χ3n) is 3.31. The molecule has 0 aromatic heterocycles. The molecule has 9 heteroatoms. The van der Waals surface area contributed by atoms with Gasteiger partial charge < -0.3 is 30.7 Å². The smallest absolute Gasteiger partial charge is 0.339 e. The van der Waals surface area contributed by atoms with E-state index in [2.05, 4.69) is 5.32 Å². The van der Waals surface area contributed by atoms with Crippen LogP contribution in [-0.4, -0.2) is 41.8 Å². The van der Waals surface area contributed by atoms with Gasteiger partial charge in [0.25, 0.3) is 5.91 Å². The molecule has 0 aliphatic carbocycles. The van der Waals surface area contributed by atoms with E-state index in [1.165, 1.54) is 31.4 Å². The van der Waals surface area contributed by atoms with Crippen molar-refractivity contribution in [3.05, 3.63) is 47.5 Å². The molecular weight excluding hydrogens is 344 g/mol. The number of nitrogens with one attached hydrogen (secondary N) is 1. The van der Waals surface area contributed by atoms with E-state index in [1.54, 1.807) is 0 Å². The molecule has 2 aromatic rings. The first-order valence-electron chi connectivity index (χ1n) is 7.28. The van der Waals surface area contributed by atoms with E-state index >= 15 is 0 Å². The van der Waals surface area contributed by atoms with Crippen molar-refractivity contribution in [1.29, 1.82) is 0 Å². The molecule has 0 spiro atoms. The number of methoxy groups -OCH3 is 1. The first kappa shape index (κ1) is 18.6. The highest BCUT2D eigenvalue weighted by molar-refractivity contribution is 5.98. The Morgan fingerprint density at radius 2 is 1.88 bits per heavy atom. The van der Waals surface area contributed by atoms with Crippen molar-refractivity contribution in [3.63, 3.8) is 0 Å². The molecule has 2 aromatic carbocycles. The number of ether oxygens (including phenoxy) is 2. The lowest BCUT2D eigenvalue weighted by Gasteiger charge is -2.09. The highest BCUT2D eigenvalue weighted by atomic mass is 16.5. The fourth-order valence-electron chi connectivity index (χ4n) is 2.06. The van der Waals surface area contributed by atoms with Crippen LogP contribution in [0.2, 0.25) is 0 Å². The number of carboxylic acid groups (broad SMARTS) is 1. The summed E-state index contributed by atoms with van der Waals surface area (Å²) in [7, 11) is 1.44. The number of carboxylic acids is 1. The van der Waals surface area contributed by atoms with Gasteiger partial charge in [0.2, 0.25) is 0 Å². The first-order chi connectivity index (χ1) is 12.3. The normalized spacial score (nSPS) is 10.0. The molecule has 5 N–H and O–H groups in total. The number of carbonyl (C=O) groups is 3. The summed E-state index contributed by atoms with van der Waals surface area (Å²) in [6, 6.07) is 7.82. The minimum atomic E-state index is -1.35. The Kier molecular flexibility index (Phi) is 5.63. The summed E-state index contributed by atoms with van der Waals surface area (Å²) in [6.45, 7) is -0.589. The number of aromatic carboxylic acids is 1. The predicted molar refractivity (Wildman–Crippen MR) is 91.4 cm³/mol. The van der Waals surface area contributed by atoms with Gasteiger partial charge in [-0.1, -0.05) is 0 Å². The highest BCUT2D eigenvalue weighted by Gasteiger charge is 2.14. The zero-order valence-electron chi connectivity index (χ0n) is 13.7. The SMILES string of the molecule is COc1ccc(C(=O)OCC(=O)Nc2ccc(O)c(C(=O)O)c2)cc1N. The molecule has 0 heterocycles. The molecule has 2 rings (SSSR count). The molecule has 0 radical (unpaired) electrons. The maximum atomic E-state index is 11.9. The average Bonchev–Trinajstić information content (AvgIpc) is 2.61. The molecule has 1 amide bonds. The van der Waals surface area contributed by atoms with Gasteiger partial charge in [0.15, 0.2) is 6.61 Å². The molecule has 0 fully saturated rings. The van der Waals surface area contributed by atoms with Gasteiger partial charge in [-0.25, -0.2) is 9.59 Å². The zero-order chi connectivity index (χ0) is 19.3. The summed E-state index contributed by atoms with van der Waals surface area (Å²) >= 11 is 0. The third-order valence-corrected chi connectivity index (χ3v) is 3.31. The van der Waals surface area contributed by atoms with E-state index in [0.29, 0.717) is 5.75 Å². The van der Waals surface area contributed by atoms with Crippen LogP contribution in [0, 0.1) is 0 Å². The second kappa shape index (κ2) is 7.88. The fraction of sp³-hybridized carbons (Fsp3) is 0.118. The molecular formula is C17H16N2O7. The Balaban J connectivity index is 1.96. The summed E-state index contributed by atoms with van der Waals surface area (Å²) < 4.78 is 9.86. The summed E-state index contributed by atoms with van der Waals surface area (Å²) in [5, 5.41) is 20.7. The van der Waals surface area contributed by atoms with Gasteiger partial charge in [-0.2, -0.15) is 0 Å². The van der Waals surface area contributed by atoms with Crippen LogP contribution in [0.5, 0.6) is 11.5 Å². The van der Waals surface area contributed by atoms with E-state index in [4.69, 9.17) is 20.3 Å². The summed E-state index contributed by atoms with van der Waals surface area (Å²) in [6.07, 6.45) is 0. The van der Waals surface area contributed by atoms with Crippen LogP contribution in [-0.2, 0) is 9.53 Å². The van der Waals surface area contributed by atoms with Crippen LogP contribution in [0.25, 0.3) is 0 Å². The van der Waals surface area contributed by atoms with Crippen molar-refractivity contribution >= 4 is 29.2 Å².